The van der Waals surface area contributed by atoms with Gasteiger partial charge in [0, 0.05) is 17.7 Å². The van der Waals surface area contributed by atoms with Gasteiger partial charge >= 0.3 is 5.43 Å². The lowest BCUT2D eigenvalue weighted by Gasteiger charge is -2.03. The molecule has 80 valence electrons. The van der Waals surface area contributed by atoms with Gasteiger partial charge in [-0.1, -0.05) is 11.6 Å². The van der Waals surface area contributed by atoms with Crippen molar-refractivity contribution < 1.29 is 14.5 Å². The molecule has 0 saturated carbocycles. The van der Waals surface area contributed by atoms with Gasteiger partial charge in [-0.05, 0) is 13.0 Å². The van der Waals surface area contributed by atoms with Gasteiger partial charge in [0.15, 0.2) is 0 Å². The number of aryl methyl sites for hydroxylation is 1. The van der Waals surface area contributed by atoms with Crippen LogP contribution in [0.1, 0.15) is 11.1 Å². The molecule has 0 amide bonds. The lowest BCUT2D eigenvalue weighted by atomic mass is 10.1. The number of nitro groups is 1. The maximum absolute atomic E-state index is 10.6. The van der Waals surface area contributed by atoms with E-state index in [1.807, 2.05) is 0 Å². The number of nitro benzene ring substituents is 1. The van der Waals surface area contributed by atoms with Crippen LogP contribution in [-0.2, 0) is 11.3 Å². The van der Waals surface area contributed by atoms with Crippen molar-refractivity contribution in [1.82, 2.24) is 0 Å². The van der Waals surface area contributed by atoms with Gasteiger partial charge in [0.25, 0.3) is 5.69 Å². The highest BCUT2D eigenvalue weighted by atomic mass is 35.5. The Morgan fingerprint density at radius 3 is 2.80 bits per heavy atom. The van der Waals surface area contributed by atoms with E-state index >= 15 is 0 Å². The fourth-order valence-electron chi connectivity index (χ4n) is 1.14. The maximum atomic E-state index is 10.6. The van der Waals surface area contributed by atoms with Crippen LogP contribution in [0.2, 0.25) is 0 Å². The van der Waals surface area contributed by atoms with Crippen LogP contribution in [-0.4, -0.2) is 10.4 Å². The van der Waals surface area contributed by atoms with E-state index < -0.39 is 10.4 Å². The Morgan fingerprint density at radius 1 is 1.60 bits per heavy atom. The molecule has 0 saturated heterocycles. The summed E-state index contributed by atoms with van der Waals surface area (Å²) in [5, 5.41) is 10.6. The van der Waals surface area contributed by atoms with Crippen LogP contribution in [0.25, 0.3) is 0 Å². The van der Waals surface area contributed by atoms with Crippen LogP contribution in [0.3, 0.4) is 0 Å². The molecule has 5 nitrogen and oxygen atoms in total. The number of hydrogen-bond acceptors (Lipinski definition) is 4. The molecule has 1 aromatic carbocycles. The van der Waals surface area contributed by atoms with Gasteiger partial charge in [-0.3, -0.25) is 10.1 Å². The van der Waals surface area contributed by atoms with Gasteiger partial charge in [0.05, 0.1) is 10.5 Å². The third-order valence-corrected chi connectivity index (χ3v) is 1.88. The lowest BCUT2D eigenvalue weighted by molar-refractivity contribution is -0.385. The Kier molecular flexibility index (Phi) is 3.62. The number of carbonyl (C=O) groups is 1. The molecule has 0 aliphatic heterocycles. The standard InChI is InChI=1S/C9H8ClNO4/c1-6-2-3-8(11(13)14)7(4-6)5-15-9(10)12/h2-4H,5H2,1H3. The molecule has 15 heavy (non-hydrogen) atoms. The molecule has 0 atom stereocenters. The van der Waals surface area contributed by atoms with Crippen molar-refractivity contribution in [2.75, 3.05) is 0 Å². The first kappa shape index (κ1) is 11.5. The average molecular weight is 230 g/mol. The van der Waals surface area contributed by atoms with Gasteiger partial charge in [0.2, 0.25) is 0 Å². The maximum Gasteiger partial charge on any atom is 0.404 e. The Morgan fingerprint density at radius 2 is 2.27 bits per heavy atom. The predicted octanol–water partition coefficient (Wildman–Crippen LogP) is 2.78. The van der Waals surface area contributed by atoms with E-state index in [-0.39, 0.29) is 12.3 Å². The topological polar surface area (TPSA) is 69.4 Å². The number of carbonyl (C=O) groups excluding carboxylic acids is 1. The van der Waals surface area contributed by atoms with Crippen LogP contribution >= 0.6 is 11.6 Å². The van der Waals surface area contributed by atoms with Gasteiger partial charge in [-0.2, -0.15) is 0 Å². The summed E-state index contributed by atoms with van der Waals surface area (Å²) >= 11 is 4.97. The molecule has 1 aromatic rings. The highest BCUT2D eigenvalue weighted by molar-refractivity contribution is 6.61. The highest BCUT2D eigenvalue weighted by Gasteiger charge is 2.14. The lowest BCUT2D eigenvalue weighted by Crippen LogP contribution is -2.00. The summed E-state index contributed by atoms with van der Waals surface area (Å²) in [6.07, 6.45) is 0. The molecular formula is C9H8ClNO4. The minimum absolute atomic E-state index is 0.0847. The molecule has 0 radical (unpaired) electrons. The second-order valence-corrected chi connectivity index (χ2v) is 3.22. The average Bonchev–Trinajstić information content (AvgIpc) is 2.14. The third kappa shape index (κ3) is 3.21. The summed E-state index contributed by atoms with van der Waals surface area (Å²) in [6, 6.07) is 4.56. The van der Waals surface area contributed by atoms with E-state index in [0.717, 1.165) is 5.56 Å². The second-order valence-electron chi connectivity index (χ2n) is 2.92. The van der Waals surface area contributed by atoms with Crippen molar-refractivity contribution in [3.8, 4) is 0 Å². The van der Waals surface area contributed by atoms with Crippen molar-refractivity contribution >= 4 is 22.7 Å². The van der Waals surface area contributed by atoms with Crippen LogP contribution in [0, 0.1) is 17.0 Å². The Bertz CT molecular complexity index is 405. The van der Waals surface area contributed by atoms with Gasteiger partial charge in [-0.15, -0.1) is 0 Å². The summed E-state index contributed by atoms with van der Waals surface area (Å²) < 4.78 is 4.50. The summed E-state index contributed by atoms with van der Waals surface area (Å²) in [7, 11) is 0. The fraction of sp³-hybridized carbons (Fsp3) is 0.222. The van der Waals surface area contributed by atoms with Crippen LogP contribution in [0.4, 0.5) is 10.5 Å². The van der Waals surface area contributed by atoms with Crippen molar-refractivity contribution in [1.29, 1.82) is 0 Å². The molecule has 0 heterocycles. The van der Waals surface area contributed by atoms with Gasteiger partial charge < -0.3 is 4.74 Å². The van der Waals surface area contributed by atoms with E-state index in [2.05, 4.69) is 4.74 Å². The zero-order valence-electron chi connectivity index (χ0n) is 7.90. The van der Waals surface area contributed by atoms with Crippen LogP contribution in [0.5, 0.6) is 0 Å². The normalized spacial score (nSPS) is 9.73. The SMILES string of the molecule is Cc1ccc([N+](=O)[O-])c(COC(=O)Cl)c1. The number of hydrogen-bond donors (Lipinski definition) is 0. The quantitative estimate of drug-likeness (QED) is 0.454. The summed E-state index contributed by atoms with van der Waals surface area (Å²) in [5.41, 5.74) is 0.111. The second kappa shape index (κ2) is 4.75. The number of halogens is 1. The minimum atomic E-state index is -0.981. The van der Waals surface area contributed by atoms with Crippen molar-refractivity contribution in [2.24, 2.45) is 0 Å². The smallest absolute Gasteiger partial charge is 0.404 e. The molecule has 0 bridgehead atoms. The van der Waals surface area contributed by atoms with Gasteiger partial charge in [0.1, 0.15) is 6.61 Å². The number of benzene rings is 1. The highest BCUT2D eigenvalue weighted by Crippen LogP contribution is 2.20. The largest absolute Gasteiger partial charge is 0.449 e. The molecule has 0 unspecified atom stereocenters. The van der Waals surface area contributed by atoms with E-state index in [1.165, 1.54) is 6.07 Å². The van der Waals surface area contributed by atoms with Crippen molar-refractivity contribution in [3.05, 3.63) is 39.4 Å². The molecule has 0 aromatic heterocycles. The van der Waals surface area contributed by atoms with Crippen LogP contribution < -0.4 is 0 Å². The number of ether oxygens (including phenoxy) is 1. The van der Waals surface area contributed by atoms with Crippen molar-refractivity contribution in [3.63, 3.8) is 0 Å². The summed E-state index contributed by atoms with van der Waals surface area (Å²) in [5.74, 6) is 0. The predicted molar refractivity (Wildman–Crippen MR) is 53.9 cm³/mol. The Balaban J connectivity index is 2.96. The Hall–Kier alpha value is -1.62. The first-order valence-corrected chi connectivity index (χ1v) is 4.44. The first-order valence-electron chi connectivity index (χ1n) is 4.07. The van der Waals surface area contributed by atoms with Crippen LogP contribution in [0.15, 0.2) is 18.2 Å². The van der Waals surface area contributed by atoms with E-state index in [9.17, 15) is 14.9 Å². The first-order chi connectivity index (χ1) is 7.00. The minimum Gasteiger partial charge on any atom is -0.449 e. The molecule has 0 N–H and O–H groups in total. The zero-order chi connectivity index (χ0) is 11.4. The van der Waals surface area contributed by atoms with E-state index in [4.69, 9.17) is 11.6 Å². The zero-order valence-corrected chi connectivity index (χ0v) is 8.65. The third-order valence-electron chi connectivity index (χ3n) is 1.77. The molecule has 0 fully saturated rings. The molecule has 6 heteroatoms. The molecule has 0 spiro atoms. The number of rotatable bonds is 3. The number of nitrogens with zero attached hydrogens (tertiary/aromatic N) is 1. The summed E-state index contributed by atoms with van der Waals surface area (Å²) in [4.78, 5) is 20.4. The monoisotopic (exact) mass is 229 g/mol. The van der Waals surface area contributed by atoms with E-state index in [0.29, 0.717) is 5.56 Å². The van der Waals surface area contributed by atoms with Gasteiger partial charge in [-0.25, -0.2) is 4.79 Å². The Labute approximate surface area is 90.8 Å². The molecule has 0 aliphatic rings. The fourth-order valence-corrected chi connectivity index (χ4v) is 1.20. The molecular weight excluding hydrogens is 222 g/mol. The molecule has 0 aliphatic carbocycles. The van der Waals surface area contributed by atoms with E-state index in [1.54, 1.807) is 19.1 Å². The summed E-state index contributed by atoms with van der Waals surface area (Å²) in [6.45, 7) is 1.59. The molecule has 1 rings (SSSR count). The van der Waals surface area contributed by atoms with Crippen molar-refractivity contribution in [2.45, 2.75) is 13.5 Å².